The first-order chi connectivity index (χ1) is 18.8. The minimum atomic E-state index is -1.12. The third-order valence-corrected chi connectivity index (χ3v) is 6.51. The molecule has 0 spiro atoms. The molecule has 0 heterocycles. The van der Waals surface area contributed by atoms with E-state index in [1.54, 1.807) is 20.8 Å². The summed E-state index contributed by atoms with van der Waals surface area (Å²) in [5, 5.41) is 5.62. The number of rotatable bonds is 13. The molecule has 9 nitrogen and oxygen atoms in total. The number of nitrogens with two attached hydrogens (primary N) is 1. The second-order valence-electron chi connectivity index (χ2n) is 11.0. The van der Waals surface area contributed by atoms with Crippen molar-refractivity contribution in [1.29, 1.82) is 0 Å². The van der Waals surface area contributed by atoms with E-state index in [-0.39, 0.29) is 31.8 Å². The number of hydrogen-bond donors (Lipinski definition) is 3. The van der Waals surface area contributed by atoms with Crippen molar-refractivity contribution in [3.05, 3.63) is 70.8 Å². The highest BCUT2D eigenvalue weighted by Gasteiger charge is 2.36. The molecule has 0 saturated carbocycles. The summed E-state index contributed by atoms with van der Waals surface area (Å²) < 4.78 is 5.38. The minimum Gasteiger partial charge on any atom is -0.444 e. The maximum atomic E-state index is 14.2. The number of hydrogen-bond acceptors (Lipinski definition) is 5. The predicted molar refractivity (Wildman–Crippen MR) is 155 cm³/mol. The molecule has 0 bridgehead atoms. The topological polar surface area (TPSA) is 131 Å². The molecule has 0 radical (unpaired) electrons. The average molecular weight is 553 g/mol. The van der Waals surface area contributed by atoms with Crippen molar-refractivity contribution in [2.24, 2.45) is 5.73 Å². The van der Waals surface area contributed by atoms with Crippen molar-refractivity contribution in [2.45, 2.75) is 91.5 Å². The summed E-state index contributed by atoms with van der Waals surface area (Å²) in [6.07, 6.45) is 0.472. The Labute approximate surface area is 237 Å². The molecule has 2 rings (SSSR count). The van der Waals surface area contributed by atoms with Crippen molar-refractivity contribution in [3.63, 3.8) is 0 Å². The number of unbranched alkanes of at least 4 members (excludes halogenated alkanes) is 1. The Morgan fingerprint density at radius 3 is 2.27 bits per heavy atom. The van der Waals surface area contributed by atoms with E-state index in [4.69, 9.17) is 10.5 Å². The van der Waals surface area contributed by atoms with Gasteiger partial charge in [-0.25, -0.2) is 4.79 Å². The van der Waals surface area contributed by atoms with Crippen LogP contribution < -0.4 is 16.4 Å². The van der Waals surface area contributed by atoms with Crippen LogP contribution in [-0.2, 0) is 25.7 Å². The van der Waals surface area contributed by atoms with Gasteiger partial charge in [0, 0.05) is 19.5 Å². The molecule has 0 aliphatic carbocycles. The predicted octanol–water partition coefficient (Wildman–Crippen LogP) is 4.45. The quantitative estimate of drug-likeness (QED) is 0.338. The van der Waals surface area contributed by atoms with Gasteiger partial charge in [-0.2, -0.15) is 0 Å². The zero-order chi connectivity index (χ0) is 29.9. The van der Waals surface area contributed by atoms with E-state index in [0.29, 0.717) is 12.0 Å². The van der Waals surface area contributed by atoms with Crippen LogP contribution in [0.25, 0.3) is 0 Å². The summed E-state index contributed by atoms with van der Waals surface area (Å²) >= 11 is 0. The standard InChI is InChI=1S/C31H44N4O5/c1-7-8-19-35(29(38)25(17-18-26(32)36)34-30(39)40-31(4,5)6)27(24-16-12-13-21(2)22(24)3)28(37)33-20-23-14-10-9-11-15-23/h9-16,25,27H,7-8,17-20H2,1-6H3,(H2,32,36)(H,33,37)(H,34,39). The zero-order valence-corrected chi connectivity index (χ0v) is 24.6. The third-order valence-electron chi connectivity index (χ3n) is 6.51. The first-order valence-electron chi connectivity index (χ1n) is 13.8. The van der Waals surface area contributed by atoms with Gasteiger partial charge in [0.2, 0.25) is 17.7 Å². The summed E-state index contributed by atoms with van der Waals surface area (Å²) in [6.45, 7) is 11.6. The van der Waals surface area contributed by atoms with Crippen LogP contribution in [0.2, 0.25) is 0 Å². The largest absolute Gasteiger partial charge is 0.444 e. The molecule has 2 aromatic rings. The third kappa shape index (κ3) is 10.0. The van der Waals surface area contributed by atoms with Gasteiger partial charge >= 0.3 is 6.09 Å². The van der Waals surface area contributed by atoms with E-state index in [2.05, 4.69) is 10.6 Å². The van der Waals surface area contributed by atoms with Gasteiger partial charge in [0.1, 0.15) is 17.7 Å². The van der Waals surface area contributed by atoms with Crippen LogP contribution in [0, 0.1) is 13.8 Å². The Kier molecular flexibility index (Phi) is 12.2. The molecule has 4 N–H and O–H groups in total. The van der Waals surface area contributed by atoms with Crippen LogP contribution in [-0.4, -0.2) is 46.9 Å². The number of carbonyl (C=O) groups excluding carboxylic acids is 4. The molecule has 40 heavy (non-hydrogen) atoms. The fourth-order valence-corrected chi connectivity index (χ4v) is 4.29. The summed E-state index contributed by atoms with van der Waals surface area (Å²) in [5.41, 5.74) is 8.10. The molecule has 2 aromatic carbocycles. The van der Waals surface area contributed by atoms with Gasteiger partial charge in [-0.05, 0) is 69.7 Å². The smallest absolute Gasteiger partial charge is 0.408 e. The molecular formula is C31H44N4O5. The van der Waals surface area contributed by atoms with Crippen LogP contribution in [0.4, 0.5) is 4.79 Å². The van der Waals surface area contributed by atoms with E-state index >= 15 is 0 Å². The van der Waals surface area contributed by atoms with Crippen LogP contribution in [0.5, 0.6) is 0 Å². The molecule has 0 aliphatic heterocycles. The number of amides is 4. The highest BCUT2D eigenvalue weighted by Crippen LogP contribution is 2.28. The number of nitrogens with one attached hydrogen (secondary N) is 2. The fourth-order valence-electron chi connectivity index (χ4n) is 4.29. The Morgan fingerprint density at radius 2 is 1.68 bits per heavy atom. The summed E-state index contributed by atoms with van der Waals surface area (Å²) in [6, 6.07) is 13.1. The molecule has 0 fully saturated rings. The highest BCUT2D eigenvalue weighted by atomic mass is 16.6. The SMILES string of the molecule is CCCCN(C(=O)C(CCC(N)=O)NC(=O)OC(C)(C)C)C(C(=O)NCc1ccccc1)c1cccc(C)c1C. The molecule has 218 valence electrons. The monoisotopic (exact) mass is 552 g/mol. The summed E-state index contributed by atoms with van der Waals surface area (Å²) in [7, 11) is 0. The minimum absolute atomic E-state index is 0.0266. The zero-order valence-electron chi connectivity index (χ0n) is 24.6. The molecule has 4 amide bonds. The Bertz CT molecular complexity index is 1160. The van der Waals surface area contributed by atoms with Crippen molar-refractivity contribution >= 4 is 23.8 Å². The second-order valence-corrected chi connectivity index (χ2v) is 11.0. The average Bonchev–Trinajstić information content (AvgIpc) is 2.88. The van der Waals surface area contributed by atoms with Crippen molar-refractivity contribution in [1.82, 2.24) is 15.5 Å². The van der Waals surface area contributed by atoms with Crippen LogP contribution in [0.15, 0.2) is 48.5 Å². The number of ether oxygens (including phenoxy) is 1. The Morgan fingerprint density at radius 1 is 1.00 bits per heavy atom. The van der Waals surface area contributed by atoms with Crippen molar-refractivity contribution in [3.8, 4) is 0 Å². The van der Waals surface area contributed by atoms with Gasteiger partial charge in [0.25, 0.3) is 0 Å². The van der Waals surface area contributed by atoms with Gasteiger partial charge < -0.3 is 26.0 Å². The molecular weight excluding hydrogens is 508 g/mol. The van der Waals surface area contributed by atoms with Crippen LogP contribution >= 0.6 is 0 Å². The van der Waals surface area contributed by atoms with Crippen molar-refractivity contribution < 1.29 is 23.9 Å². The van der Waals surface area contributed by atoms with E-state index in [0.717, 1.165) is 23.1 Å². The number of carbonyl (C=O) groups is 4. The van der Waals surface area contributed by atoms with Gasteiger partial charge in [0.15, 0.2) is 0 Å². The lowest BCUT2D eigenvalue weighted by molar-refractivity contribution is -0.143. The Hall–Kier alpha value is -3.88. The van der Waals surface area contributed by atoms with Gasteiger partial charge in [0.05, 0.1) is 0 Å². The van der Waals surface area contributed by atoms with E-state index < -0.39 is 35.6 Å². The second kappa shape index (κ2) is 15.1. The number of nitrogens with zero attached hydrogens (tertiary/aromatic N) is 1. The number of alkyl carbamates (subject to hydrolysis) is 1. The number of benzene rings is 2. The Balaban J connectivity index is 2.52. The lowest BCUT2D eigenvalue weighted by Crippen LogP contribution is -2.53. The molecule has 0 aliphatic rings. The molecule has 2 unspecified atom stereocenters. The fraction of sp³-hybridized carbons (Fsp3) is 0.484. The summed E-state index contributed by atoms with van der Waals surface area (Å²) in [4.78, 5) is 53.9. The maximum Gasteiger partial charge on any atom is 0.408 e. The normalized spacial score (nSPS) is 12.7. The summed E-state index contributed by atoms with van der Waals surface area (Å²) in [5.74, 6) is -1.43. The molecule has 2 atom stereocenters. The highest BCUT2D eigenvalue weighted by molar-refractivity contribution is 5.92. The van der Waals surface area contributed by atoms with Crippen LogP contribution in [0.1, 0.15) is 81.7 Å². The van der Waals surface area contributed by atoms with E-state index in [1.807, 2.05) is 69.3 Å². The molecule has 9 heteroatoms. The van der Waals surface area contributed by atoms with Crippen molar-refractivity contribution in [2.75, 3.05) is 6.54 Å². The van der Waals surface area contributed by atoms with Gasteiger partial charge in [-0.1, -0.05) is 61.9 Å². The first kappa shape index (κ1) is 32.3. The van der Waals surface area contributed by atoms with E-state index in [9.17, 15) is 19.2 Å². The molecule has 0 aromatic heterocycles. The van der Waals surface area contributed by atoms with Crippen LogP contribution in [0.3, 0.4) is 0 Å². The number of aryl methyl sites for hydroxylation is 1. The molecule has 0 saturated heterocycles. The van der Waals surface area contributed by atoms with Gasteiger partial charge in [-0.3, -0.25) is 14.4 Å². The first-order valence-corrected chi connectivity index (χ1v) is 13.8. The lowest BCUT2D eigenvalue weighted by atomic mass is 9.94. The lowest BCUT2D eigenvalue weighted by Gasteiger charge is -2.35. The van der Waals surface area contributed by atoms with Gasteiger partial charge in [-0.15, -0.1) is 0 Å². The van der Waals surface area contributed by atoms with E-state index in [1.165, 1.54) is 4.90 Å². The maximum absolute atomic E-state index is 14.2. The number of primary amides is 1.